The zero-order valence-corrected chi connectivity index (χ0v) is 21.2. The van der Waals surface area contributed by atoms with Gasteiger partial charge in [-0.15, -0.1) is 0 Å². The number of hydrogen-bond acceptors (Lipinski definition) is 6. The molecule has 1 saturated heterocycles. The van der Waals surface area contributed by atoms with Crippen LogP contribution in [0.3, 0.4) is 0 Å². The standard InChI is InChI=1S/C24H29ClN6O3S/c1-29-22-3-2-19(25)12-21(22)24(23(29)32)4-7-30(8-5-24)14-18-13-27-31(16-18)15-17-10-20(11-17)28-35(33,34)9-6-26/h2-3,12-13,16-17,20,28H,4-5,7-11,14-15H2,1H3. The molecule has 2 fully saturated rings. The second-order valence-electron chi connectivity index (χ2n) is 10.0. The first-order valence-electron chi connectivity index (χ1n) is 11.9. The van der Waals surface area contributed by atoms with E-state index in [-0.39, 0.29) is 11.9 Å². The van der Waals surface area contributed by atoms with Crippen molar-refractivity contribution >= 4 is 33.2 Å². The quantitative estimate of drug-likeness (QED) is 0.604. The summed E-state index contributed by atoms with van der Waals surface area (Å²) in [7, 11) is -1.66. The number of piperidine rings is 1. The number of likely N-dealkylation sites (N-methyl/N-ethyl adjacent to an activating group) is 1. The summed E-state index contributed by atoms with van der Waals surface area (Å²) in [6.07, 6.45) is 6.98. The molecule has 35 heavy (non-hydrogen) atoms. The van der Waals surface area contributed by atoms with Gasteiger partial charge in [0.05, 0.1) is 17.7 Å². The van der Waals surface area contributed by atoms with Gasteiger partial charge in [-0.3, -0.25) is 14.4 Å². The van der Waals surface area contributed by atoms with E-state index < -0.39 is 21.2 Å². The number of nitriles is 1. The van der Waals surface area contributed by atoms with E-state index in [0.29, 0.717) is 10.9 Å². The highest BCUT2D eigenvalue weighted by Crippen LogP contribution is 2.48. The summed E-state index contributed by atoms with van der Waals surface area (Å²) in [6.45, 7) is 3.18. The van der Waals surface area contributed by atoms with Gasteiger partial charge in [0, 0.05) is 48.6 Å². The third-order valence-corrected chi connectivity index (χ3v) is 9.07. The molecule has 2 aliphatic heterocycles. The number of nitrogens with one attached hydrogen (secondary N) is 1. The van der Waals surface area contributed by atoms with E-state index in [1.807, 2.05) is 36.1 Å². The van der Waals surface area contributed by atoms with Crippen LogP contribution in [0, 0.1) is 17.2 Å². The minimum absolute atomic E-state index is 0.0913. The molecule has 1 aliphatic carbocycles. The zero-order chi connectivity index (χ0) is 24.8. The van der Waals surface area contributed by atoms with Crippen LogP contribution in [0.1, 0.15) is 36.8 Å². The molecular weight excluding hydrogens is 488 g/mol. The van der Waals surface area contributed by atoms with E-state index >= 15 is 0 Å². The molecule has 3 heterocycles. The molecular formula is C24H29ClN6O3S. The van der Waals surface area contributed by atoms with Gasteiger partial charge in [0.15, 0.2) is 5.75 Å². The van der Waals surface area contributed by atoms with Crippen molar-refractivity contribution in [3.8, 4) is 6.07 Å². The number of halogens is 1. The van der Waals surface area contributed by atoms with Crippen LogP contribution in [0.2, 0.25) is 5.02 Å². The van der Waals surface area contributed by atoms with Gasteiger partial charge in [-0.05, 0) is 68.5 Å². The number of fused-ring (bicyclic) bond motifs is 2. The maximum absolute atomic E-state index is 13.2. The molecule has 0 radical (unpaired) electrons. The Bertz CT molecular complexity index is 1270. The fraction of sp³-hybridized carbons (Fsp3) is 0.542. The third-order valence-electron chi connectivity index (χ3n) is 7.63. The van der Waals surface area contributed by atoms with Crippen LogP contribution >= 0.6 is 11.6 Å². The molecule has 3 aliphatic rings. The Morgan fingerprint density at radius 3 is 2.74 bits per heavy atom. The summed E-state index contributed by atoms with van der Waals surface area (Å²) >= 11 is 6.27. The summed E-state index contributed by atoms with van der Waals surface area (Å²) in [4.78, 5) is 17.3. The number of amides is 1. The van der Waals surface area contributed by atoms with E-state index in [2.05, 4.69) is 20.9 Å². The second-order valence-corrected chi connectivity index (χ2v) is 12.2. The summed E-state index contributed by atoms with van der Waals surface area (Å²) in [6, 6.07) is 7.33. The van der Waals surface area contributed by atoms with Crippen molar-refractivity contribution in [3.63, 3.8) is 0 Å². The molecule has 0 bridgehead atoms. The van der Waals surface area contributed by atoms with E-state index in [1.165, 1.54) is 0 Å². The first kappa shape index (κ1) is 24.3. The van der Waals surface area contributed by atoms with Gasteiger partial charge in [0.1, 0.15) is 0 Å². The van der Waals surface area contributed by atoms with Crippen LogP contribution in [0.25, 0.3) is 0 Å². The lowest BCUT2D eigenvalue weighted by atomic mass is 9.73. The van der Waals surface area contributed by atoms with Crippen LogP contribution in [-0.4, -0.2) is 60.9 Å². The lowest BCUT2D eigenvalue weighted by molar-refractivity contribution is -0.124. The first-order chi connectivity index (χ1) is 16.7. The Hall–Kier alpha value is -2.45. The zero-order valence-electron chi connectivity index (χ0n) is 19.7. The van der Waals surface area contributed by atoms with Crippen molar-refractivity contribution < 1.29 is 13.2 Å². The summed E-state index contributed by atoms with van der Waals surface area (Å²) in [5.41, 5.74) is 2.67. The minimum Gasteiger partial charge on any atom is -0.314 e. The summed E-state index contributed by atoms with van der Waals surface area (Å²) in [5, 5.41) is 13.8. The van der Waals surface area contributed by atoms with E-state index in [9.17, 15) is 13.2 Å². The number of aromatic nitrogens is 2. The highest BCUT2D eigenvalue weighted by molar-refractivity contribution is 7.89. The van der Waals surface area contributed by atoms with E-state index in [4.69, 9.17) is 16.9 Å². The number of likely N-dealkylation sites (tertiary alicyclic amines) is 1. The molecule has 0 atom stereocenters. The second kappa shape index (κ2) is 9.21. The fourth-order valence-electron chi connectivity index (χ4n) is 5.78. The molecule has 1 amide bonds. The number of carbonyl (C=O) groups is 1. The number of hydrogen-bond donors (Lipinski definition) is 1. The Kier molecular flexibility index (Phi) is 6.38. The maximum atomic E-state index is 13.2. The van der Waals surface area contributed by atoms with Crippen LogP contribution in [0.15, 0.2) is 30.6 Å². The van der Waals surface area contributed by atoms with Gasteiger partial charge < -0.3 is 4.90 Å². The van der Waals surface area contributed by atoms with Gasteiger partial charge in [0.2, 0.25) is 15.9 Å². The molecule has 1 aromatic heterocycles. The monoisotopic (exact) mass is 516 g/mol. The molecule has 1 N–H and O–H groups in total. The molecule has 1 spiro atoms. The van der Waals surface area contributed by atoms with E-state index in [0.717, 1.165) is 68.7 Å². The van der Waals surface area contributed by atoms with Gasteiger partial charge in [-0.2, -0.15) is 10.4 Å². The minimum atomic E-state index is -3.50. The molecule has 186 valence electrons. The van der Waals surface area contributed by atoms with Gasteiger partial charge in [-0.25, -0.2) is 13.1 Å². The topological polar surface area (TPSA) is 111 Å². The van der Waals surface area contributed by atoms with Gasteiger partial charge >= 0.3 is 0 Å². The summed E-state index contributed by atoms with van der Waals surface area (Å²) < 4.78 is 27.9. The first-order valence-corrected chi connectivity index (χ1v) is 13.9. The Morgan fingerprint density at radius 1 is 1.29 bits per heavy atom. The van der Waals surface area contributed by atoms with Crippen LogP contribution < -0.4 is 9.62 Å². The van der Waals surface area contributed by atoms with Crippen LogP contribution in [0.5, 0.6) is 0 Å². The fourth-order valence-corrected chi connectivity index (χ4v) is 6.90. The van der Waals surface area contributed by atoms with Crippen molar-refractivity contribution in [2.24, 2.45) is 5.92 Å². The predicted octanol–water partition coefficient (Wildman–Crippen LogP) is 2.27. The highest BCUT2D eigenvalue weighted by Gasteiger charge is 2.51. The number of rotatable bonds is 7. The van der Waals surface area contributed by atoms with Crippen molar-refractivity contribution in [1.29, 1.82) is 5.26 Å². The van der Waals surface area contributed by atoms with Crippen molar-refractivity contribution in [2.45, 2.75) is 50.2 Å². The van der Waals surface area contributed by atoms with Gasteiger partial charge in [0.25, 0.3) is 0 Å². The number of benzene rings is 1. The molecule has 0 unspecified atom stereocenters. The van der Waals surface area contributed by atoms with Crippen molar-refractivity contribution in [1.82, 2.24) is 19.4 Å². The Labute approximate surface area is 210 Å². The predicted molar refractivity (Wildman–Crippen MR) is 132 cm³/mol. The third kappa shape index (κ3) is 4.70. The largest absolute Gasteiger partial charge is 0.314 e. The molecule has 9 nitrogen and oxygen atoms in total. The Morgan fingerprint density at radius 2 is 2.03 bits per heavy atom. The number of anilines is 1. The van der Waals surface area contributed by atoms with Crippen LogP contribution in [0.4, 0.5) is 5.69 Å². The van der Waals surface area contributed by atoms with Crippen molar-refractivity contribution in [2.75, 3.05) is 30.8 Å². The molecule has 11 heteroatoms. The average molecular weight is 517 g/mol. The number of sulfonamides is 1. The Balaban J connectivity index is 1.13. The lowest BCUT2D eigenvalue weighted by Gasteiger charge is -2.38. The van der Waals surface area contributed by atoms with Crippen LogP contribution in [-0.2, 0) is 33.3 Å². The maximum Gasteiger partial charge on any atom is 0.237 e. The normalized spacial score (nSPS) is 23.8. The summed E-state index contributed by atoms with van der Waals surface area (Å²) in [5.74, 6) is 0.0278. The number of nitrogens with zero attached hydrogens (tertiary/aromatic N) is 5. The van der Waals surface area contributed by atoms with Crippen molar-refractivity contribution in [3.05, 3.63) is 46.7 Å². The lowest BCUT2D eigenvalue weighted by Crippen LogP contribution is -2.47. The average Bonchev–Trinajstić information content (AvgIpc) is 3.30. The molecule has 2 aromatic rings. The molecule has 1 aromatic carbocycles. The van der Waals surface area contributed by atoms with Gasteiger partial charge in [-0.1, -0.05) is 11.6 Å². The van der Waals surface area contributed by atoms with E-state index in [1.54, 1.807) is 11.0 Å². The highest BCUT2D eigenvalue weighted by atomic mass is 35.5. The smallest absolute Gasteiger partial charge is 0.237 e. The SMILES string of the molecule is CN1C(=O)C2(CCN(Cc3cnn(CC4CC(NS(=O)(=O)CC#N)C4)c3)CC2)c2cc(Cl)ccc21. The molecule has 1 saturated carbocycles. The molecule has 5 rings (SSSR count). The number of carbonyl (C=O) groups excluding carboxylic acids is 1.